The molecule has 152 valence electrons. The molecule has 0 unspecified atom stereocenters. The number of methoxy groups -OCH3 is 1. The molecule has 2 aliphatic heterocycles. The van der Waals surface area contributed by atoms with E-state index in [9.17, 15) is 9.59 Å². The van der Waals surface area contributed by atoms with E-state index in [0.717, 1.165) is 76.1 Å². The number of ether oxygens (including phenoxy) is 1. The molecule has 1 aromatic rings. The number of likely N-dealkylation sites (tertiary alicyclic amines) is 2. The number of carbonyl (C=O) groups excluding carboxylic acids is 2. The first-order chi connectivity index (χ1) is 13.6. The molecule has 1 aliphatic carbocycles. The minimum atomic E-state index is 0.0685. The first kappa shape index (κ1) is 19.2. The van der Waals surface area contributed by atoms with Gasteiger partial charge in [-0.25, -0.2) is 0 Å². The van der Waals surface area contributed by atoms with Gasteiger partial charge in [0.25, 0.3) is 0 Å². The van der Waals surface area contributed by atoms with Crippen molar-refractivity contribution in [2.24, 2.45) is 11.8 Å². The quantitative estimate of drug-likeness (QED) is 0.847. The molecule has 28 heavy (non-hydrogen) atoms. The average Bonchev–Trinajstić information content (AvgIpc) is 3.59. The van der Waals surface area contributed by atoms with Gasteiger partial charge in [-0.05, 0) is 63.7 Å². The number of carbonyl (C=O) groups is 2. The molecular weight excluding hydrogens is 354 g/mol. The van der Waals surface area contributed by atoms with E-state index in [-0.39, 0.29) is 11.8 Å². The monoisotopic (exact) mass is 385 g/mol. The summed E-state index contributed by atoms with van der Waals surface area (Å²) in [6, 6.07) is 8.07. The predicted molar refractivity (Wildman–Crippen MR) is 108 cm³/mol. The summed E-state index contributed by atoms with van der Waals surface area (Å²) < 4.78 is 5.22. The third kappa shape index (κ3) is 4.49. The maximum absolute atomic E-state index is 12.6. The van der Waals surface area contributed by atoms with Gasteiger partial charge in [0, 0.05) is 42.7 Å². The van der Waals surface area contributed by atoms with Crippen LogP contribution in [0, 0.1) is 11.8 Å². The van der Waals surface area contributed by atoms with Gasteiger partial charge in [0.05, 0.1) is 7.11 Å². The molecule has 4 rings (SSSR count). The number of hydrogen-bond donors (Lipinski definition) is 1. The molecule has 2 saturated heterocycles. The minimum absolute atomic E-state index is 0.0685. The number of hydrogen-bond acceptors (Lipinski definition) is 4. The van der Waals surface area contributed by atoms with Gasteiger partial charge in [0.15, 0.2) is 0 Å². The molecule has 1 aromatic carbocycles. The van der Waals surface area contributed by atoms with Crippen LogP contribution in [0.5, 0.6) is 5.75 Å². The third-order valence-corrected chi connectivity index (χ3v) is 6.46. The lowest BCUT2D eigenvalue weighted by Gasteiger charge is -2.41. The van der Waals surface area contributed by atoms with Gasteiger partial charge in [-0.3, -0.25) is 9.59 Å². The Labute approximate surface area is 167 Å². The fourth-order valence-corrected chi connectivity index (χ4v) is 4.51. The van der Waals surface area contributed by atoms with E-state index in [1.54, 1.807) is 7.11 Å². The van der Waals surface area contributed by atoms with Crippen molar-refractivity contribution in [3.63, 3.8) is 0 Å². The van der Waals surface area contributed by atoms with Gasteiger partial charge in [0.2, 0.25) is 11.8 Å². The number of anilines is 1. The number of nitrogens with zero attached hydrogens (tertiary/aromatic N) is 2. The number of benzene rings is 1. The molecule has 0 aromatic heterocycles. The molecule has 6 heteroatoms. The zero-order valence-corrected chi connectivity index (χ0v) is 16.7. The summed E-state index contributed by atoms with van der Waals surface area (Å²) in [7, 11) is 1.63. The fraction of sp³-hybridized carbons (Fsp3) is 0.636. The molecule has 3 aliphatic rings. The summed E-state index contributed by atoms with van der Waals surface area (Å²) in [6.45, 7) is 3.74. The lowest BCUT2D eigenvalue weighted by atomic mass is 9.92. The number of piperidine rings is 2. The lowest BCUT2D eigenvalue weighted by molar-refractivity contribution is -0.134. The molecule has 2 amide bonds. The molecule has 1 N–H and O–H groups in total. The van der Waals surface area contributed by atoms with Crippen molar-refractivity contribution in [3.8, 4) is 5.75 Å². The zero-order valence-electron chi connectivity index (χ0n) is 16.7. The van der Waals surface area contributed by atoms with Crippen molar-refractivity contribution in [2.75, 3.05) is 38.6 Å². The highest BCUT2D eigenvalue weighted by atomic mass is 16.5. The van der Waals surface area contributed by atoms with E-state index in [1.165, 1.54) is 0 Å². The van der Waals surface area contributed by atoms with Gasteiger partial charge >= 0.3 is 0 Å². The van der Waals surface area contributed by atoms with Gasteiger partial charge in [-0.15, -0.1) is 0 Å². The molecule has 0 radical (unpaired) electrons. The maximum Gasteiger partial charge on any atom is 0.227 e. The smallest absolute Gasteiger partial charge is 0.227 e. The predicted octanol–water partition coefficient (Wildman–Crippen LogP) is 2.75. The molecule has 0 atom stereocenters. The van der Waals surface area contributed by atoms with Crippen molar-refractivity contribution in [1.82, 2.24) is 9.80 Å². The topological polar surface area (TPSA) is 61.9 Å². The van der Waals surface area contributed by atoms with Gasteiger partial charge in [0.1, 0.15) is 5.75 Å². The minimum Gasteiger partial charge on any atom is -0.497 e. The van der Waals surface area contributed by atoms with Gasteiger partial charge < -0.3 is 19.9 Å². The van der Waals surface area contributed by atoms with E-state index in [0.29, 0.717) is 17.9 Å². The van der Waals surface area contributed by atoms with E-state index in [1.807, 2.05) is 24.3 Å². The molecule has 0 bridgehead atoms. The van der Waals surface area contributed by atoms with Crippen LogP contribution in [0.3, 0.4) is 0 Å². The molecule has 0 spiro atoms. The number of nitrogens with one attached hydrogen (secondary N) is 1. The molecule has 3 fully saturated rings. The summed E-state index contributed by atoms with van der Waals surface area (Å²) in [6.07, 6.45) is 6.11. The first-order valence-electron chi connectivity index (χ1n) is 10.6. The van der Waals surface area contributed by atoms with Crippen molar-refractivity contribution in [1.29, 1.82) is 0 Å². The molecule has 6 nitrogen and oxygen atoms in total. The van der Waals surface area contributed by atoms with Crippen LogP contribution in [-0.2, 0) is 9.59 Å². The van der Waals surface area contributed by atoms with Crippen LogP contribution in [0.1, 0.15) is 38.5 Å². The Hall–Kier alpha value is -2.08. The van der Waals surface area contributed by atoms with Crippen LogP contribution in [0.25, 0.3) is 0 Å². The second kappa shape index (κ2) is 8.52. The molecule has 2 heterocycles. The second-order valence-corrected chi connectivity index (χ2v) is 8.36. The Kier molecular flexibility index (Phi) is 5.85. The first-order valence-corrected chi connectivity index (χ1v) is 10.6. The SMILES string of the molecule is COc1cccc(NC(=O)C2CCN(C3CCN(C(=O)C4CC4)CC3)CC2)c1. The van der Waals surface area contributed by atoms with Crippen LogP contribution in [0.2, 0.25) is 0 Å². The Morgan fingerprint density at radius 2 is 1.68 bits per heavy atom. The number of amides is 2. The summed E-state index contributed by atoms with van der Waals surface area (Å²) in [5.74, 6) is 1.64. The van der Waals surface area contributed by atoms with E-state index in [2.05, 4.69) is 15.1 Å². The standard InChI is InChI=1S/C22H31N3O3/c1-28-20-4-2-3-18(15-20)23-21(26)16-7-11-24(12-8-16)19-9-13-25(14-10-19)22(27)17-5-6-17/h2-4,15-17,19H,5-14H2,1H3,(H,23,26). The van der Waals surface area contributed by atoms with Crippen LogP contribution < -0.4 is 10.1 Å². The fourth-order valence-electron chi connectivity index (χ4n) is 4.51. The third-order valence-electron chi connectivity index (χ3n) is 6.46. The Morgan fingerprint density at radius 3 is 2.32 bits per heavy atom. The Bertz CT molecular complexity index is 703. The Balaban J connectivity index is 1.22. The van der Waals surface area contributed by atoms with Crippen molar-refractivity contribution < 1.29 is 14.3 Å². The summed E-state index contributed by atoms with van der Waals surface area (Å²) in [4.78, 5) is 29.4. The van der Waals surface area contributed by atoms with E-state index < -0.39 is 0 Å². The summed E-state index contributed by atoms with van der Waals surface area (Å²) in [5.41, 5.74) is 0.791. The number of rotatable bonds is 5. The normalized spacial score (nSPS) is 22.1. The largest absolute Gasteiger partial charge is 0.497 e. The second-order valence-electron chi connectivity index (χ2n) is 8.36. The zero-order chi connectivity index (χ0) is 19.5. The summed E-state index contributed by atoms with van der Waals surface area (Å²) in [5, 5.41) is 3.03. The highest BCUT2D eigenvalue weighted by Gasteiger charge is 2.36. The maximum atomic E-state index is 12.6. The van der Waals surface area contributed by atoms with Crippen molar-refractivity contribution in [2.45, 2.75) is 44.6 Å². The lowest BCUT2D eigenvalue weighted by Crippen LogP contribution is -2.50. The molecule has 1 saturated carbocycles. The van der Waals surface area contributed by atoms with Crippen LogP contribution >= 0.6 is 0 Å². The Morgan fingerprint density at radius 1 is 0.964 bits per heavy atom. The average molecular weight is 386 g/mol. The highest BCUT2D eigenvalue weighted by Crippen LogP contribution is 2.33. The van der Waals surface area contributed by atoms with E-state index in [4.69, 9.17) is 4.74 Å². The van der Waals surface area contributed by atoms with Gasteiger partial charge in [-0.2, -0.15) is 0 Å². The van der Waals surface area contributed by atoms with Crippen LogP contribution in [0.15, 0.2) is 24.3 Å². The summed E-state index contributed by atoms with van der Waals surface area (Å²) >= 11 is 0. The molecular formula is C22H31N3O3. The van der Waals surface area contributed by atoms with Crippen molar-refractivity contribution in [3.05, 3.63) is 24.3 Å². The van der Waals surface area contributed by atoms with Crippen LogP contribution in [-0.4, -0.2) is 60.9 Å². The van der Waals surface area contributed by atoms with E-state index >= 15 is 0 Å². The van der Waals surface area contributed by atoms with Crippen LogP contribution in [0.4, 0.5) is 5.69 Å². The van der Waals surface area contributed by atoms with Crippen molar-refractivity contribution >= 4 is 17.5 Å². The highest BCUT2D eigenvalue weighted by molar-refractivity contribution is 5.92. The van der Waals surface area contributed by atoms with Gasteiger partial charge in [-0.1, -0.05) is 6.07 Å².